The zero-order chi connectivity index (χ0) is 15.8. The topological polar surface area (TPSA) is 62.8 Å². The Hall–Kier alpha value is -1.79. The molecule has 1 fully saturated rings. The molecule has 1 aromatic rings. The van der Waals surface area contributed by atoms with Gasteiger partial charge in [0.25, 0.3) is 0 Å². The predicted molar refractivity (Wildman–Crippen MR) is 85.1 cm³/mol. The predicted octanol–water partition coefficient (Wildman–Crippen LogP) is 1.22. The zero-order valence-electron chi connectivity index (χ0n) is 13.3. The van der Waals surface area contributed by atoms with Crippen LogP contribution < -0.4 is 15.4 Å². The van der Waals surface area contributed by atoms with Crippen LogP contribution in [0.3, 0.4) is 0 Å². The van der Waals surface area contributed by atoms with Crippen LogP contribution in [-0.4, -0.2) is 56.9 Å². The Morgan fingerprint density at radius 1 is 1.32 bits per heavy atom. The summed E-state index contributed by atoms with van der Waals surface area (Å²) >= 11 is 0. The van der Waals surface area contributed by atoms with Gasteiger partial charge in [0.1, 0.15) is 5.75 Å². The van der Waals surface area contributed by atoms with Crippen molar-refractivity contribution in [3.63, 3.8) is 0 Å². The van der Waals surface area contributed by atoms with Gasteiger partial charge in [0.05, 0.1) is 20.3 Å². The van der Waals surface area contributed by atoms with Crippen molar-refractivity contribution in [3.05, 3.63) is 29.8 Å². The van der Waals surface area contributed by atoms with E-state index in [0.29, 0.717) is 6.54 Å². The lowest BCUT2D eigenvalue weighted by Crippen LogP contribution is -2.48. The first-order valence-electron chi connectivity index (χ1n) is 7.65. The Morgan fingerprint density at radius 2 is 2.00 bits per heavy atom. The summed E-state index contributed by atoms with van der Waals surface area (Å²) in [6.45, 7) is 6.77. The van der Waals surface area contributed by atoms with Gasteiger partial charge in [-0.2, -0.15) is 0 Å². The number of hydrogen-bond acceptors (Lipinski definition) is 4. The third-order valence-corrected chi connectivity index (χ3v) is 3.63. The fourth-order valence-electron chi connectivity index (χ4n) is 2.42. The lowest BCUT2D eigenvalue weighted by atomic mass is 10.2. The number of urea groups is 1. The monoisotopic (exact) mass is 307 g/mol. The van der Waals surface area contributed by atoms with Gasteiger partial charge in [0, 0.05) is 32.2 Å². The molecule has 0 saturated carbocycles. The summed E-state index contributed by atoms with van der Waals surface area (Å²) in [6.07, 6.45) is 0. The van der Waals surface area contributed by atoms with E-state index >= 15 is 0 Å². The van der Waals surface area contributed by atoms with Gasteiger partial charge in [-0.15, -0.1) is 0 Å². The van der Waals surface area contributed by atoms with E-state index in [2.05, 4.69) is 15.5 Å². The SMILES string of the molecule is COc1ccc(CNC(=O)NC(C)CN2CCOCC2)cc1. The van der Waals surface area contributed by atoms with E-state index < -0.39 is 0 Å². The molecule has 0 aliphatic carbocycles. The summed E-state index contributed by atoms with van der Waals surface area (Å²) < 4.78 is 10.4. The van der Waals surface area contributed by atoms with Crippen LogP contribution in [0, 0.1) is 0 Å². The Balaban J connectivity index is 1.67. The minimum atomic E-state index is -0.142. The van der Waals surface area contributed by atoms with Gasteiger partial charge in [0.2, 0.25) is 0 Å². The molecule has 2 N–H and O–H groups in total. The van der Waals surface area contributed by atoms with Gasteiger partial charge in [0.15, 0.2) is 0 Å². The fourth-order valence-corrected chi connectivity index (χ4v) is 2.42. The number of hydrogen-bond donors (Lipinski definition) is 2. The highest BCUT2D eigenvalue weighted by Gasteiger charge is 2.14. The molecule has 0 radical (unpaired) electrons. The molecule has 122 valence electrons. The van der Waals surface area contributed by atoms with Crippen LogP contribution in [0.2, 0.25) is 0 Å². The molecule has 0 bridgehead atoms. The van der Waals surface area contributed by atoms with Gasteiger partial charge in [-0.1, -0.05) is 12.1 Å². The number of amides is 2. The van der Waals surface area contributed by atoms with Crippen molar-refractivity contribution < 1.29 is 14.3 Å². The van der Waals surface area contributed by atoms with Crippen molar-refractivity contribution in [2.24, 2.45) is 0 Å². The maximum atomic E-state index is 11.9. The van der Waals surface area contributed by atoms with Crippen molar-refractivity contribution in [2.45, 2.75) is 19.5 Å². The van der Waals surface area contributed by atoms with Crippen LogP contribution in [-0.2, 0) is 11.3 Å². The molecule has 0 spiro atoms. The largest absolute Gasteiger partial charge is 0.497 e. The molecule has 2 rings (SSSR count). The minimum absolute atomic E-state index is 0.106. The molecule has 22 heavy (non-hydrogen) atoms. The van der Waals surface area contributed by atoms with Crippen LogP contribution in [0.15, 0.2) is 24.3 Å². The van der Waals surface area contributed by atoms with Crippen molar-refractivity contribution in [3.8, 4) is 5.75 Å². The fraction of sp³-hybridized carbons (Fsp3) is 0.562. The summed E-state index contributed by atoms with van der Waals surface area (Å²) in [5, 5.41) is 5.83. The van der Waals surface area contributed by atoms with Gasteiger partial charge < -0.3 is 20.1 Å². The van der Waals surface area contributed by atoms with Gasteiger partial charge in [-0.25, -0.2) is 4.79 Å². The molecule has 1 saturated heterocycles. The first kappa shape index (κ1) is 16.6. The van der Waals surface area contributed by atoms with Crippen LogP contribution in [0.1, 0.15) is 12.5 Å². The summed E-state index contributed by atoms with van der Waals surface area (Å²) in [5.41, 5.74) is 1.04. The Morgan fingerprint density at radius 3 is 2.64 bits per heavy atom. The third kappa shape index (κ3) is 5.54. The van der Waals surface area contributed by atoms with Crippen LogP contribution in [0.5, 0.6) is 5.75 Å². The number of morpholine rings is 1. The molecular weight excluding hydrogens is 282 g/mol. The van der Waals surface area contributed by atoms with Gasteiger partial charge in [-0.3, -0.25) is 4.90 Å². The highest BCUT2D eigenvalue weighted by atomic mass is 16.5. The number of benzene rings is 1. The molecule has 1 heterocycles. The van der Waals surface area contributed by atoms with Crippen LogP contribution >= 0.6 is 0 Å². The molecule has 1 aromatic carbocycles. The number of rotatable bonds is 6. The van der Waals surface area contributed by atoms with Crippen molar-refractivity contribution >= 4 is 6.03 Å². The Bertz CT molecular complexity index is 458. The average Bonchev–Trinajstić information content (AvgIpc) is 2.54. The van der Waals surface area contributed by atoms with E-state index in [9.17, 15) is 4.79 Å². The van der Waals surface area contributed by atoms with Gasteiger partial charge >= 0.3 is 6.03 Å². The first-order valence-corrected chi connectivity index (χ1v) is 7.65. The number of ether oxygens (including phenoxy) is 2. The van der Waals surface area contributed by atoms with Crippen LogP contribution in [0.4, 0.5) is 4.79 Å². The lowest BCUT2D eigenvalue weighted by Gasteiger charge is -2.29. The molecule has 0 aromatic heterocycles. The maximum absolute atomic E-state index is 11.9. The van der Waals surface area contributed by atoms with E-state index in [1.54, 1.807) is 7.11 Å². The van der Waals surface area contributed by atoms with E-state index in [0.717, 1.165) is 44.2 Å². The first-order chi connectivity index (χ1) is 10.7. The average molecular weight is 307 g/mol. The van der Waals surface area contributed by atoms with Crippen molar-refractivity contribution in [1.29, 1.82) is 0 Å². The van der Waals surface area contributed by atoms with E-state index in [1.807, 2.05) is 31.2 Å². The van der Waals surface area contributed by atoms with E-state index in [4.69, 9.17) is 9.47 Å². The van der Waals surface area contributed by atoms with Crippen molar-refractivity contribution in [2.75, 3.05) is 40.0 Å². The number of nitrogens with zero attached hydrogens (tertiary/aromatic N) is 1. The molecule has 6 nitrogen and oxygen atoms in total. The highest BCUT2D eigenvalue weighted by molar-refractivity contribution is 5.74. The Labute approximate surface area is 131 Å². The molecular formula is C16H25N3O3. The maximum Gasteiger partial charge on any atom is 0.315 e. The smallest absolute Gasteiger partial charge is 0.315 e. The number of carbonyl (C=O) groups is 1. The molecule has 1 aliphatic rings. The molecule has 1 unspecified atom stereocenters. The quantitative estimate of drug-likeness (QED) is 0.829. The molecule has 1 atom stereocenters. The summed E-state index contributed by atoms with van der Waals surface area (Å²) in [6, 6.07) is 7.61. The normalized spacial score (nSPS) is 16.8. The number of methoxy groups -OCH3 is 1. The minimum Gasteiger partial charge on any atom is -0.497 e. The summed E-state index contributed by atoms with van der Waals surface area (Å²) in [7, 11) is 1.64. The molecule has 6 heteroatoms. The van der Waals surface area contributed by atoms with E-state index in [-0.39, 0.29) is 12.1 Å². The third-order valence-electron chi connectivity index (χ3n) is 3.63. The second-order valence-electron chi connectivity index (χ2n) is 5.49. The van der Waals surface area contributed by atoms with Crippen LogP contribution in [0.25, 0.3) is 0 Å². The molecule has 2 amide bonds. The zero-order valence-corrected chi connectivity index (χ0v) is 13.3. The lowest BCUT2D eigenvalue weighted by molar-refractivity contribution is 0.0349. The number of carbonyl (C=O) groups excluding carboxylic acids is 1. The van der Waals surface area contributed by atoms with Gasteiger partial charge in [-0.05, 0) is 24.6 Å². The number of nitrogens with one attached hydrogen (secondary N) is 2. The highest BCUT2D eigenvalue weighted by Crippen LogP contribution is 2.10. The second-order valence-corrected chi connectivity index (χ2v) is 5.49. The summed E-state index contributed by atoms with van der Waals surface area (Å²) in [4.78, 5) is 14.2. The van der Waals surface area contributed by atoms with Crippen molar-refractivity contribution in [1.82, 2.24) is 15.5 Å². The molecule has 1 aliphatic heterocycles. The van der Waals surface area contributed by atoms with E-state index in [1.165, 1.54) is 0 Å². The standard InChI is InChI=1S/C16H25N3O3/c1-13(12-19-7-9-22-10-8-19)18-16(20)17-11-14-3-5-15(21-2)6-4-14/h3-6,13H,7-12H2,1-2H3,(H2,17,18,20). The summed E-state index contributed by atoms with van der Waals surface area (Å²) in [5.74, 6) is 0.812. The Kier molecular flexibility index (Phi) is 6.48. The second kappa shape index (κ2) is 8.60.